The molecule has 2 fully saturated rings. The molecule has 0 aliphatic carbocycles. The SMILES string of the molecule is CN=C(NCCCCN1CCOCC1)NCCCOCC1CCOC1.I. The summed E-state index contributed by atoms with van der Waals surface area (Å²) < 4.78 is 16.4. The van der Waals surface area contributed by atoms with Gasteiger partial charge in [0.15, 0.2) is 5.96 Å². The van der Waals surface area contributed by atoms with Gasteiger partial charge < -0.3 is 24.8 Å². The minimum absolute atomic E-state index is 0. The predicted molar refractivity (Wildman–Crippen MR) is 116 cm³/mol. The molecular weight excluding hydrogens is 447 g/mol. The van der Waals surface area contributed by atoms with Gasteiger partial charge in [-0.25, -0.2) is 0 Å². The molecule has 2 heterocycles. The molecule has 2 rings (SSSR count). The first kappa shape index (κ1) is 23.9. The van der Waals surface area contributed by atoms with E-state index in [9.17, 15) is 0 Å². The molecule has 0 aromatic heterocycles. The largest absolute Gasteiger partial charge is 0.381 e. The summed E-state index contributed by atoms with van der Waals surface area (Å²) in [6.45, 7) is 10.3. The highest BCUT2D eigenvalue weighted by Crippen LogP contribution is 2.12. The van der Waals surface area contributed by atoms with Gasteiger partial charge in [-0.15, -0.1) is 24.0 Å². The number of ether oxygens (including phenoxy) is 3. The first-order valence-electron chi connectivity index (χ1n) is 9.78. The Morgan fingerprint density at radius 1 is 1.08 bits per heavy atom. The summed E-state index contributed by atoms with van der Waals surface area (Å²) >= 11 is 0. The van der Waals surface area contributed by atoms with E-state index < -0.39 is 0 Å². The Kier molecular flexibility index (Phi) is 14.6. The number of guanidine groups is 1. The monoisotopic (exact) mass is 484 g/mol. The number of morpholine rings is 1. The van der Waals surface area contributed by atoms with Crippen molar-refractivity contribution in [2.45, 2.75) is 25.7 Å². The Balaban J connectivity index is 0.00000338. The van der Waals surface area contributed by atoms with Gasteiger partial charge in [-0.2, -0.15) is 0 Å². The van der Waals surface area contributed by atoms with Gasteiger partial charge in [0.25, 0.3) is 0 Å². The number of nitrogens with zero attached hydrogens (tertiary/aromatic N) is 2. The van der Waals surface area contributed by atoms with Gasteiger partial charge in [0.2, 0.25) is 0 Å². The van der Waals surface area contributed by atoms with Crippen LogP contribution in [0.1, 0.15) is 25.7 Å². The van der Waals surface area contributed by atoms with Crippen molar-refractivity contribution >= 4 is 29.9 Å². The van der Waals surface area contributed by atoms with E-state index in [1.165, 1.54) is 13.0 Å². The lowest BCUT2D eigenvalue weighted by atomic mass is 10.1. The number of hydrogen-bond acceptors (Lipinski definition) is 5. The van der Waals surface area contributed by atoms with Crippen LogP contribution in [0, 0.1) is 5.92 Å². The second kappa shape index (κ2) is 15.9. The third-order valence-electron chi connectivity index (χ3n) is 4.66. The second-order valence-corrected chi connectivity index (χ2v) is 6.74. The van der Waals surface area contributed by atoms with Gasteiger partial charge in [0, 0.05) is 52.4 Å². The first-order chi connectivity index (χ1) is 12.4. The van der Waals surface area contributed by atoms with Crippen LogP contribution in [0.15, 0.2) is 4.99 Å². The fraction of sp³-hybridized carbons (Fsp3) is 0.944. The van der Waals surface area contributed by atoms with E-state index in [0.717, 1.165) is 91.0 Å². The van der Waals surface area contributed by atoms with Crippen molar-refractivity contribution in [3.05, 3.63) is 0 Å². The minimum Gasteiger partial charge on any atom is -0.381 e. The van der Waals surface area contributed by atoms with Crippen molar-refractivity contribution in [1.82, 2.24) is 15.5 Å². The summed E-state index contributed by atoms with van der Waals surface area (Å²) in [5, 5.41) is 6.73. The summed E-state index contributed by atoms with van der Waals surface area (Å²) in [6, 6.07) is 0. The van der Waals surface area contributed by atoms with Gasteiger partial charge in [0.1, 0.15) is 0 Å². The number of rotatable bonds is 11. The second-order valence-electron chi connectivity index (χ2n) is 6.74. The van der Waals surface area contributed by atoms with E-state index in [4.69, 9.17) is 14.2 Å². The average Bonchev–Trinajstić information content (AvgIpc) is 3.17. The minimum atomic E-state index is 0. The summed E-state index contributed by atoms with van der Waals surface area (Å²) in [5.41, 5.74) is 0. The molecule has 26 heavy (non-hydrogen) atoms. The van der Waals surface area contributed by atoms with Crippen molar-refractivity contribution in [2.24, 2.45) is 10.9 Å². The van der Waals surface area contributed by atoms with E-state index in [0.29, 0.717) is 5.92 Å². The molecule has 0 saturated carbocycles. The maximum Gasteiger partial charge on any atom is 0.190 e. The lowest BCUT2D eigenvalue weighted by molar-refractivity contribution is 0.0372. The van der Waals surface area contributed by atoms with Gasteiger partial charge >= 0.3 is 0 Å². The molecule has 0 spiro atoms. The standard InChI is InChI=1S/C18H36N4O3.HI/c1-19-18(20-6-2-3-8-22-9-13-23-14-10-22)21-7-4-11-24-15-17-5-12-25-16-17;/h17H,2-16H2,1H3,(H2,19,20,21);1H. The highest BCUT2D eigenvalue weighted by Gasteiger charge is 2.15. The molecule has 0 amide bonds. The van der Waals surface area contributed by atoms with Gasteiger partial charge in [-0.1, -0.05) is 0 Å². The van der Waals surface area contributed by atoms with Crippen molar-refractivity contribution in [1.29, 1.82) is 0 Å². The van der Waals surface area contributed by atoms with E-state index >= 15 is 0 Å². The summed E-state index contributed by atoms with van der Waals surface area (Å²) in [6.07, 6.45) is 4.50. The number of aliphatic imine (C=N–C) groups is 1. The van der Waals surface area contributed by atoms with Crippen LogP contribution in [-0.4, -0.2) is 90.3 Å². The summed E-state index contributed by atoms with van der Waals surface area (Å²) in [5.74, 6) is 1.48. The average molecular weight is 484 g/mol. The lowest BCUT2D eigenvalue weighted by Crippen LogP contribution is -2.39. The fourth-order valence-corrected chi connectivity index (χ4v) is 3.06. The Bertz CT molecular complexity index is 362. The van der Waals surface area contributed by atoms with Crippen molar-refractivity contribution in [2.75, 3.05) is 79.4 Å². The first-order valence-corrected chi connectivity index (χ1v) is 9.78. The number of nitrogens with one attached hydrogen (secondary N) is 2. The van der Waals surface area contributed by atoms with Crippen molar-refractivity contribution in [3.8, 4) is 0 Å². The molecule has 8 heteroatoms. The molecule has 2 saturated heterocycles. The van der Waals surface area contributed by atoms with Crippen LogP contribution in [0.2, 0.25) is 0 Å². The molecule has 1 atom stereocenters. The van der Waals surface area contributed by atoms with Crippen molar-refractivity contribution < 1.29 is 14.2 Å². The topological polar surface area (TPSA) is 67.4 Å². The van der Waals surface area contributed by atoms with E-state index in [-0.39, 0.29) is 24.0 Å². The number of halogens is 1. The van der Waals surface area contributed by atoms with Gasteiger partial charge in [0.05, 0.1) is 26.4 Å². The highest BCUT2D eigenvalue weighted by atomic mass is 127. The zero-order chi connectivity index (χ0) is 17.6. The Labute approximate surface area is 175 Å². The molecule has 2 aliphatic rings. The third kappa shape index (κ3) is 10.9. The molecule has 0 radical (unpaired) electrons. The molecule has 2 aliphatic heterocycles. The van der Waals surface area contributed by atoms with Crippen LogP contribution in [0.5, 0.6) is 0 Å². The molecule has 0 bridgehead atoms. The van der Waals surface area contributed by atoms with Crippen LogP contribution in [0.25, 0.3) is 0 Å². The predicted octanol–water partition coefficient (Wildman–Crippen LogP) is 1.33. The van der Waals surface area contributed by atoms with Crippen LogP contribution in [0.4, 0.5) is 0 Å². The smallest absolute Gasteiger partial charge is 0.190 e. The molecule has 2 N–H and O–H groups in total. The summed E-state index contributed by atoms with van der Waals surface area (Å²) in [7, 11) is 1.82. The Morgan fingerprint density at radius 2 is 1.85 bits per heavy atom. The molecule has 154 valence electrons. The van der Waals surface area contributed by atoms with Crippen LogP contribution in [-0.2, 0) is 14.2 Å². The molecule has 1 unspecified atom stereocenters. The summed E-state index contributed by atoms with van der Waals surface area (Å²) in [4.78, 5) is 6.75. The zero-order valence-electron chi connectivity index (χ0n) is 16.2. The lowest BCUT2D eigenvalue weighted by Gasteiger charge is -2.26. The Hall–Kier alpha value is -0.160. The maximum absolute atomic E-state index is 5.71. The Morgan fingerprint density at radius 3 is 2.54 bits per heavy atom. The van der Waals surface area contributed by atoms with Crippen LogP contribution < -0.4 is 10.6 Å². The van der Waals surface area contributed by atoms with E-state index in [1.807, 2.05) is 7.05 Å². The zero-order valence-corrected chi connectivity index (χ0v) is 18.5. The molecule has 0 aromatic carbocycles. The van der Waals surface area contributed by atoms with Crippen LogP contribution >= 0.6 is 24.0 Å². The maximum atomic E-state index is 5.71. The normalized spacial score (nSPS) is 21.4. The van der Waals surface area contributed by atoms with E-state index in [1.54, 1.807) is 0 Å². The van der Waals surface area contributed by atoms with E-state index in [2.05, 4.69) is 20.5 Å². The molecular formula is C18H37IN4O3. The number of hydrogen-bond donors (Lipinski definition) is 2. The molecule has 0 aromatic rings. The molecule has 7 nitrogen and oxygen atoms in total. The quantitative estimate of drug-likeness (QED) is 0.200. The van der Waals surface area contributed by atoms with Crippen molar-refractivity contribution in [3.63, 3.8) is 0 Å². The third-order valence-corrected chi connectivity index (χ3v) is 4.66. The van der Waals surface area contributed by atoms with Gasteiger partial charge in [-0.3, -0.25) is 9.89 Å². The van der Waals surface area contributed by atoms with Gasteiger partial charge in [-0.05, 0) is 32.2 Å². The highest BCUT2D eigenvalue weighted by molar-refractivity contribution is 14.0. The fourth-order valence-electron chi connectivity index (χ4n) is 3.06. The number of unbranched alkanes of at least 4 members (excludes halogenated alkanes) is 1. The van der Waals surface area contributed by atoms with Crippen LogP contribution in [0.3, 0.4) is 0 Å².